The number of amides is 2. The summed E-state index contributed by atoms with van der Waals surface area (Å²) in [5, 5.41) is 2.15. The second-order valence-corrected chi connectivity index (χ2v) is 9.22. The lowest BCUT2D eigenvalue weighted by molar-refractivity contribution is -0.124. The number of imide groups is 1. The smallest absolute Gasteiger partial charge is 0.340 e. The third kappa shape index (κ3) is 8.59. The first-order chi connectivity index (χ1) is 17.9. The molecule has 0 fully saturated rings. The summed E-state index contributed by atoms with van der Waals surface area (Å²) in [6.45, 7) is -0.476. The van der Waals surface area contributed by atoms with Crippen LogP contribution in [-0.4, -0.2) is 43.2 Å². The van der Waals surface area contributed by atoms with Gasteiger partial charge >= 0.3 is 5.97 Å². The van der Waals surface area contributed by atoms with Crippen LogP contribution in [0.5, 0.6) is 5.75 Å². The number of carbonyl (C=O) groups is 3. The molecule has 0 heterocycles. The zero-order chi connectivity index (χ0) is 26.6. The number of hydrogen-bond acceptors (Lipinski definition) is 7. The Morgan fingerprint density at radius 1 is 1.08 bits per heavy atom. The van der Waals surface area contributed by atoms with E-state index in [1.165, 1.54) is 23.9 Å². The molecule has 0 spiro atoms. The third-order valence-electron chi connectivity index (χ3n) is 5.30. The van der Waals surface area contributed by atoms with Gasteiger partial charge in [0.05, 0.1) is 10.8 Å². The second kappa shape index (κ2) is 14.4. The molecule has 0 saturated heterocycles. The van der Waals surface area contributed by atoms with E-state index in [4.69, 9.17) is 25.8 Å². The molecule has 2 amide bonds. The van der Waals surface area contributed by atoms with Crippen LogP contribution in [0.15, 0.2) is 72.8 Å². The lowest BCUT2D eigenvalue weighted by Gasteiger charge is -2.20. The number of ether oxygens (including phenoxy) is 3. The predicted octanol–water partition coefficient (Wildman–Crippen LogP) is 4.98. The first-order valence-electron chi connectivity index (χ1n) is 11.2. The Hall–Kier alpha value is -3.40. The van der Waals surface area contributed by atoms with E-state index in [0.29, 0.717) is 23.6 Å². The maximum atomic E-state index is 14.5. The van der Waals surface area contributed by atoms with Crippen molar-refractivity contribution in [1.82, 2.24) is 5.32 Å². The maximum Gasteiger partial charge on any atom is 0.340 e. The van der Waals surface area contributed by atoms with Crippen LogP contribution in [0.1, 0.15) is 27.6 Å². The molecule has 2 unspecified atom stereocenters. The zero-order valence-corrected chi connectivity index (χ0v) is 21.5. The van der Waals surface area contributed by atoms with Crippen LogP contribution >= 0.6 is 23.4 Å². The molecule has 0 aliphatic carbocycles. The molecule has 7 nitrogen and oxygen atoms in total. The summed E-state index contributed by atoms with van der Waals surface area (Å²) >= 11 is 7.25. The van der Waals surface area contributed by atoms with Gasteiger partial charge < -0.3 is 14.2 Å². The van der Waals surface area contributed by atoms with Crippen molar-refractivity contribution in [2.24, 2.45) is 0 Å². The van der Waals surface area contributed by atoms with Crippen LogP contribution in [0.25, 0.3) is 0 Å². The molecule has 1 N–H and O–H groups in total. The van der Waals surface area contributed by atoms with Gasteiger partial charge in [-0.3, -0.25) is 14.9 Å². The van der Waals surface area contributed by atoms with Crippen LogP contribution in [0.4, 0.5) is 4.39 Å². The van der Waals surface area contributed by atoms with E-state index < -0.39 is 29.9 Å². The third-order valence-corrected chi connectivity index (χ3v) is 6.48. The summed E-state index contributed by atoms with van der Waals surface area (Å²) in [5.74, 6) is -0.965. The highest BCUT2D eigenvalue weighted by atomic mass is 35.5. The van der Waals surface area contributed by atoms with Crippen molar-refractivity contribution in [2.75, 3.05) is 19.7 Å². The summed E-state index contributed by atoms with van der Waals surface area (Å²) in [6, 6.07) is 19.5. The van der Waals surface area contributed by atoms with E-state index in [2.05, 4.69) is 5.32 Å². The molecule has 0 bridgehead atoms. The van der Waals surface area contributed by atoms with Gasteiger partial charge in [0, 0.05) is 10.6 Å². The Kier molecular flexibility index (Phi) is 10.9. The minimum Gasteiger partial charge on any atom is -0.491 e. The van der Waals surface area contributed by atoms with Gasteiger partial charge in [0.1, 0.15) is 24.3 Å². The average Bonchev–Trinajstić information content (AvgIpc) is 2.90. The molecular formula is C27H25ClFNO6S. The van der Waals surface area contributed by atoms with Crippen LogP contribution < -0.4 is 10.1 Å². The SMILES string of the molecule is CSC(Cc1ccc(OCC(OCOC(=O)c2cccc(Cl)c2)c2ccccc2F)cc1)C(=O)NC=O. The van der Waals surface area contributed by atoms with Gasteiger partial charge in [-0.05, 0) is 54.6 Å². The van der Waals surface area contributed by atoms with E-state index in [1.54, 1.807) is 66.9 Å². The molecule has 3 rings (SSSR count). The van der Waals surface area contributed by atoms with Crippen LogP contribution in [-0.2, 0) is 25.5 Å². The van der Waals surface area contributed by atoms with Crippen molar-refractivity contribution in [3.05, 3.63) is 100 Å². The molecule has 2 atom stereocenters. The fraction of sp³-hybridized carbons (Fsp3) is 0.222. The maximum absolute atomic E-state index is 14.5. The Labute approximate surface area is 223 Å². The van der Waals surface area contributed by atoms with Gasteiger partial charge in [0.15, 0.2) is 6.79 Å². The lowest BCUT2D eigenvalue weighted by atomic mass is 10.1. The Morgan fingerprint density at radius 3 is 2.51 bits per heavy atom. The number of nitrogens with one attached hydrogen (secondary N) is 1. The van der Waals surface area contributed by atoms with Gasteiger partial charge in [0.25, 0.3) is 0 Å². The molecule has 194 valence electrons. The van der Waals surface area contributed by atoms with Crippen molar-refractivity contribution < 1.29 is 33.0 Å². The van der Waals surface area contributed by atoms with Crippen LogP contribution in [0.2, 0.25) is 5.02 Å². The first-order valence-corrected chi connectivity index (χ1v) is 12.8. The molecule has 37 heavy (non-hydrogen) atoms. The number of carbonyl (C=O) groups excluding carboxylic acids is 3. The Balaban J connectivity index is 1.61. The molecular weight excluding hydrogens is 521 g/mol. The Morgan fingerprint density at radius 2 is 1.84 bits per heavy atom. The number of hydrogen-bond donors (Lipinski definition) is 1. The molecule has 0 saturated carbocycles. The zero-order valence-electron chi connectivity index (χ0n) is 19.9. The van der Waals surface area contributed by atoms with E-state index in [9.17, 15) is 18.8 Å². The van der Waals surface area contributed by atoms with Crippen molar-refractivity contribution >= 4 is 41.6 Å². The van der Waals surface area contributed by atoms with E-state index in [1.807, 2.05) is 0 Å². The van der Waals surface area contributed by atoms with Crippen molar-refractivity contribution in [1.29, 1.82) is 0 Å². The van der Waals surface area contributed by atoms with Gasteiger partial charge in [-0.1, -0.05) is 48.0 Å². The lowest BCUT2D eigenvalue weighted by Crippen LogP contribution is -2.32. The topological polar surface area (TPSA) is 90.9 Å². The molecule has 0 aliphatic heterocycles. The van der Waals surface area contributed by atoms with Crippen molar-refractivity contribution in [3.8, 4) is 5.75 Å². The van der Waals surface area contributed by atoms with E-state index >= 15 is 0 Å². The number of esters is 1. The fourth-order valence-corrected chi connectivity index (χ4v) is 4.21. The van der Waals surface area contributed by atoms with Crippen LogP contribution in [0.3, 0.4) is 0 Å². The Bertz CT molecular complexity index is 1210. The summed E-state index contributed by atoms with van der Waals surface area (Å²) in [5.41, 5.74) is 1.40. The second-order valence-electron chi connectivity index (χ2n) is 7.75. The number of thioether (sulfide) groups is 1. The summed E-state index contributed by atoms with van der Waals surface area (Å²) in [7, 11) is 0. The van der Waals surface area contributed by atoms with Gasteiger partial charge in [-0.15, -0.1) is 0 Å². The summed E-state index contributed by atoms with van der Waals surface area (Å²) in [6.07, 6.45) is 1.73. The number of benzene rings is 3. The minimum absolute atomic E-state index is 0.0514. The largest absolute Gasteiger partial charge is 0.491 e. The standard InChI is InChI=1S/C27H25ClFNO6S/c1-37-25(26(32)30-16-31)13-18-9-11-21(12-10-18)34-15-24(22-7-2-3-8-23(22)29)35-17-36-27(33)19-5-4-6-20(28)14-19/h2-12,14,16,24-25H,13,15,17H2,1H3,(H,30,31,32). The number of halogens is 2. The molecule has 0 aliphatic rings. The molecule has 0 radical (unpaired) electrons. The monoisotopic (exact) mass is 545 g/mol. The summed E-state index contributed by atoms with van der Waals surface area (Å²) < 4.78 is 31.2. The molecule has 0 aromatic heterocycles. The quantitative estimate of drug-likeness (QED) is 0.184. The van der Waals surface area contributed by atoms with E-state index in [-0.39, 0.29) is 23.6 Å². The highest BCUT2D eigenvalue weighted by molar-refractivity contribution is 7.99. The number of rotatable bonds is 13. The van der Waals surface area contributed by atoms with Crippen molar-refractivity contribution in [2.45, 2.75) is 17.8 Å². The van der Waals surface area contributed by atoms with Crippen molar-refractivity contribution in [3.63, 3.8) is 0 Å². The van der Waals surface area contributed by atoms with E-state index in [0.717, 1.165) is 5.56 Å². The minimum atomic E-state index is -0.860. The summed E-state index contributed by atoms with van der Waals surface area (Å²) in [4.78, 5) is 34.7. The van der Waals surface area contributed by atoms with Gasteiger partial charge in [-0.2, -0.15) is 11.8 Å². The predicted molar refractivity (Wildman–Crippen MR) is 139 cm³/mol. The highest BCUT2D eigenvalue weighted by Crippen LogP contribution is 2.24. The molecule has 10 heteroatoms. The average molecular weight is 546 g/mol. The normalized spacial score (nSPS) is 12.3. The first kappa shape index (κ1) is 28.2. The highest BCUT2D eigenvalue weighted by Gasteiger charge is 2.20. The fourth-order valence-electron chi connectivity index (χ4n) is 3.37. The molecule has 3 aromatic rings. The van der Waals surface area contributed by atoms with Gasteiger partial charge in [0.2, 0.25) is 12.3 Å². The molecule has 3 aromatic carbocycles. The van der Waals surface area contributed by atoms with Crippen LogP contribution in [0, 0.1) is 5.82 Å². The van der Waals surface area contributed by atoms with Gasteiger partial charge in [-0.25, -0.2) is 9.18 Å².